The van der Waals surface area contributed by atoms with E-state index in [1.807, 2.05) is 18.2 Å². The second-order valence-electron chi connectivity index (χ2n) is 12.6. The number of hydrogen-bond acceptors (Lipinski definition) is 3. The fraction of sp³-hybridized carbons (Fsp3) is 0.587. The maximum atomic E-state index is 11.0. The summed E-state index contributed by atoms with van der Waals surface area (Å²) >= 11 is 0. The van der Waals surface area contributed by atoms with Gasteiger partial charge in [0.25, 0.3) is 0 Å². The topological polar surface area (TPSA) is 57.5 Å². The van der Waals surface area contributed by atoms with Crippen LogP contribution in [0.5, 0.6) is 0 Å². The predicted octanol–water partition coefficient (Wildman–Crippen LogP) is 11.1. The normalized spacial score (nSPS) is 12.7. The summed E-state index contributed by atoms with van der Waals surface area (Å²) in [6, 6.07) is 0. The highest BCUT2D eigenvalue weighted by molar-refractivity contribution is 6.03. The lowest BCUT2D eigenvalue weighted by Gasteiger charge is -2.02. The van der Waals surface area contributed by atoms with Gasteiger partial charge in [-0.25, -0.2) is 0 Å². The summed E-state index contributed by atoms with van der Waals surface area (Å²) in [5, 5.41) is 19.2. The zero-order valence-electron chi connectivity index (χ0n) is 30.6. The van der Waals surface area contributed by atoms with Crippen LogP contribution >= 0.6 is 0 Å². The van der Waals surface area contributed by atoms with Crippen LogP contribution in [-0.2, 0) is 4.79 Å². The minimum atomic E-state index is -0.878. The molecule has 0 bridgehead atoms. The molecule has 0 amide bonds. The van der Waals surface area contributed by atoms with E-state index in [-0.39, 0.29) is 5.78 Å². The van der Waals surface area contributed by atoms with E-state index in [2.05, 4.69) is 65.9 Å². The van der Waals surface area contributed by atoms with Crippen molar-refractivity contribution in [3.05, 3.63) is 60.8 Å². The van der Waals surface area contributed by atoms with Crippen molar-refractivity contribution in [3.63, 3.8) is 0 Å². The number of hydrogen-bond donors (Lipinski definition) is 2. The molecule has 0 aromatic heterocycles. The molecule has 49 heavy (non-hydrogen) atoms. The van der Waals surface area contributed by atoms with Crippen molar-refractivity contribution in [2.45, 2.75) is 173 Å². The molecule has 0 aromatic rings. The molecular formula is C46H66O3. The van der Waals surface area contributed by atoms with Gasteiger partial charge >= 0.3 is 0 Å². The van der Waals surface area contributed by atoms with Gasteiger partial charge in [0.1, 0.15) is 6.10 Å². The molecule has 0 aliphatic carbocycles. The summed E-state index contributed by atoms with van der Waals surface area (Å²) in [5.74, 6) is 15.7. The highest BCUT2D eigenvalue weighted by atomic mass is 16.3. The van der Waals surface area contributed by atoms with Gasteiger partial charge in [-0.15, -0.1) is 12.8 Å². The zero-order valence-corrected chi connectivity index (χ0v) is 30.6. The molecule has 3 heteroatoms. The van der Waals surface area contributed by atoms with Gasteiger partial charge in [0, 0.05) is 6.42 Å². The molecule has 0 heterocycles. The Balaban J connectivity index is 3.52. The van der Waals surface area contributed by atoms with Crippen molar-refractivity contribution < 1.29 is 15.0 Å². The Kier molecular flexibility index (Phi) is 36.2. The standard InChI is InChI=1S/C46H66O3/c1-3-44(47)40-36-32-28-24-20-16-12-10-8-6-5-7-9-11-13-18-22-26-30-34-38-42-46(49)43-39-35-31-27-23-19-15-14-17-21-25-29-33-37-41-45(48)4-2/h1-2,13,15,18-19,30,34,36-37,40-41,44,46-47,49H,5-12,14,16-17,20-29,31-33,35H2/b18-13-,19-15-,34-30+,40-36+,41-37+/t44-,46-/m1/s1. The van der Waals surface area contributed by atoms with E-state index in [1.165, 1.54) is 102 Å². The lowest BCUT2D eigenvalue weighted by atomic mass is 10.0. The molecule has 0 rings (SSSR count). The fourth-order valence-electron chi connectivity index (χ4n) is 5.13. The highest BCUT2D eigenvalue weighted by Crippen LogP contribution is 2.13. The average Bonchev–Trinajstić information content (AvgIpc) is 3.11. The summed E-state index contributed by atoms with van der Waals surface area (Å²) in [4.78, 5) is 11.0. The van der Waals surface area contributed by atoms with Crippen LogP contribution < -0.4 is 0 Å². The number of aliphatic hydroxyl groups excluding tert-OH is 2. The Bertz CT molecular complexity index is 1150. The first-order chi connectivity index (χ1) is 24.1. The third-order valence-corrected chi connectivity index (χ3v) is 8.05. The third-order valence-electron chi connectivity index (χ3n) is 8.05. The maximum Gasteiger partial charge on any atom is 0.228 e. The Hall–Kier alpha value is -3.47. The molecule has 0 radical (unpaired) electrons. The van der Waals surface area contributed by atoms with E-state index in [9.17, 15) is 15.0 Å². The smallest absolute Gasteiger partial charge is 0.228 e. The van der Waals surface area contributed by atoms with Crippen molar-refractivity contribution in [1.29, 1.82) is 0 Å². The number of unbranched alkanes of at least 4 members (excludes halogenated alkanes) is 21. The first-order valence-corrected chi connectivity index (χ1v) is 19.2. The lowest BCUT2D eigenvalue weighted by molar-refractivity contribution is -0.109. The van der Waals surface area contributed by atoms with Crippen LogP contribution in [0.4, 0.5) is 0 Å². The second-order valence-corrected chi connectivity index (χ2v) is 12.6. The maximum absolute atomic E-state index is 11.0. The van der Waals surface area contributed by atoms with E-state index in [0.717, 1.165) is 64.2 Å². The second kappa shape index (κ2) is 39.0. The summed E-state index contributed by atoms with van der Waals surface area (Å²) in [7, 11) is 0. The number of terminal acetylenes is 2. The molecule has 0 aliphatic rings. The number of aliphatic hydroxyl groups is 2. The predicted molar refractivity (Wildman–Crippen MR) is 211 cm³/mol. The number of allylic oxidation sites excluding steroid dienone is 9. The average molecular weight is 667 g/mol. The number of carbonyl (C=O) groups is 1. The summed E-state index contributed by atoms with van der Waals surface area (Å²) in [6.45, 7) is 0. The van der Waals surface area contributed by atoms with Gasteiger partial charge in [0.15, 0.2) is 6.10 Å². The van der Waals surface area contributed by atoms with Crippen molar-refractivity contribution in [2.75, 3.05) is 0 Å². The van der Waals surface area contributed by atoms with Gasteiger partial charge < -0.3 is 10.2 Å². The first kappa shape index (κ1) is 45.5. The van der Waals surface area contributed by atoms with Gasteiger partial charge in [-0.3, -0.25) is 4.79 Å². The molecule has 0 saturated heterocycles. The van der Waals surface area contributed by atoms with Crippen LogP contribution in [-0.4, -0.2) is 28.2 Å². The largest absolute Gasteiger partial charge is 0.377 e. The molecular weight excluding hydrogens is 601 g/mol. The van der Waals surface area contributed by atoms with Crippen LogP contribution in [0.15, 0.2) is 60.8 Å². The Morgan fingerprint density at radius 3 is 1.51 bits per heavy atom. The van der Waals surface area contributed by atoms with Crippen molar-refractivity contribution in [3.8, 4) is 48.4 Å². The third kappa shape index (κ3) is 38.9. The molecule has 268 valence electrons. The SMILES string of the molecule is C#CC(=O)/C=C/CCCCCC/C=C\CCCCC#C[C@H](O)C#C/C=C/CC/C=C\CCCCCCCCCCCCC/C=C/[C@H](O)C#C. The quantitative estimate of drug-likeness (QED) is 0.0264. The molecule has 2 atom stereocenters. The summed E-state index contributed by atoms with van der Waals surface area (Å²) in [5.41, 5.74) is 0. The minimum Gasteiger partial charge on any atom is -0.377 e. The summed E-state index contributed by atoms with van der Waals surface area (Å²) < 4.78 is 0. The Morgan fingerprint density at radius 1 is 0.531 bits per heavy atom. The van der Waals surface area contributed by atoms with Crippen molar-refractivity contribution >= 4 is 5.78 Å². The van der Waals surface area contributed by atoms with Gasteiger partial charge in [0.05, 0.1) is 0 Å². The highest BCUT2D eigenvalue weighted by Gasteiger charge is 1.95. The Morgan fingerprint density at radius 2 is 0.980 bits per heavy atom. The van der Waals surface area contributed by atoms with Gasteiger partial charge in [0.2, 0.25) is 5.78 Å². The molecule has 0 unspecified atom stereocenters. The molecule has 0 aromatic carbocycles. The van der Waals surface area contributed by atoms with E-state index in [1.54, 1.807) is 6.08 Å². The van der Waals surface area contributed by atoms with Crippen LogP contribution in [0.1, 0.15) is 161 Å². The first-order valence-electron chi connectivity index (χ1n) is 19.2. The number of carbonyl (C=O) groups excluding carboxylic acids is 1. The Labute approximate surface area is 301 Å². The van der Waals surface area contributed by atoms with E-state index in [0.29, 0.717) is 0 Å². The van der Waals surface area contributed by atoms with E-state index in [4.69, 9.17) is 12.8 Å². The molecule has 0 aliphatic heterocycles. The van der Waals surface area contributed by atoms with Gasteiger partial charge in [-0.2, -0.15) is 0 Å². The minimum absolute atomic E-state index is 0.253. The van der Waals surface area contributed by atoms with E-state index < -0.39 is 12.2 Å². The van der Waals surface area contributed by atoms with Crippen molar-refractivity contribution in [1.82, 2.24) is 0 Å². The van der Waals surface area contributed by atoms with Gasteiger partial charge in [-0.05, 0) is 108 Å². The molecule has 0 fully saturated rings. The van der Waals surface area contributed by atoms with E-state index >= 15 is 0 Å². The summed E-state index contributed by atoms with van der Waals surface area (Å²) in [6.07, 6.45) is 58.0. The lowest BCUT2D eigenvalue weighted by Crippen LogP contribution is -1.97. The molecule has 3 nitrogen and oxygen atoms in total. The molecule has 0 saturated carbocycles. The van der Waals surface area contributed by atoms with Crippen molar-refractivity contribution in [2.24, 2.45) is 0 Å². The van der Waals surface area contributed by atoms with Gasteiger partial charge in [-0.1, -0.05) is 143 Å². The zero-order chi connectivity index (χ0) is 35.7. The van der Waals surface area contributed by atoms with Crippen LogP contribution in [0.2, 0.25) is 0 Å². The number of rotatable bonds is 30. The van der Waals surface area contributed by atoms with Crippen LogP contribution in [0.3, 0.4) is 0 Å². The number of ketones is 1. The molecule has 2 N–H and O–H groups in total. The van der Waals surface area contributed by atoms with Crippen LogP contribution in [0.25, 0.3) is 0 Å². The fourth-order valence-corrected chi connectivity index (χ4v) is 5.13. The monoisotopic (exact) mass is 667 g/mol. The molecule has 0 spiro atoms. The van der Waals surface area contributed by atoms with Crippen LogP contribution in [0, 0.1) is 48.4 Å².